The van der Waals surface area contributed by atoms with Crippen molar-refractivity contribution in [3.05, 3.63) is 59.4 Å². The molecule has 0 unspecified atom stereocenters. The molecule has 1 aromatic heterocycles. The molecule has 0 spiro atoms. The molecule has 26 heavy (non-hydrogen) atoms. The Morgan fingerprint density at radius 3 is 2.46 bits per heavy atom. The van der Waals surface area contributed by atoms with E-state index in [1.54, 1.807) is 36.0 Å². The topological polar surface area (TPSA) is 80.6 Å². The molecule has 0 radical (unpaired) electrons. The van der Waals surface area contributed by atoms with Crippen molar-refractivity contribution in [3.8, 4) is 0 Å². The number of carbonyl (C=O) groups excluding carboxylic acids is 1. The Hall–Kier alpha value is -2.16. The highest BCUT2D eigenvalue weighted by molar-refractivity contribution is 7.88. The summed E-state index contributed by atoms with van der Waals surface area (Å²) in [4.78, 5) is 12.3. The average molecular weight is 377 g/mol. The number of hydrogen-bond donors (Lipinski definition) is 1. The van der Waals surface area contributed by atoms with E-state index in [1.807, 2.05) is 18.2 Å². The third kappa shape index (κ3) is 4.32. The van der Waals surface area contributed by atoms with E-state index in [1.165, 1.54) is 4.31 Å². The predicted molar refractivity (Wildman–Crippen MR) is 98.0 cm³/mol. The van der Waals surface area contributed by atoms with Crippen molar-refractivity contribution in [3.63, 3.8) is 0 Å². The van der Waals surface area contributed by atoms with Gasteiger partial charge in [-0.1, -0.05) is 24.3 Å². The SMILES string of the molecule is Cn1cccc1C(=O)NCc1ccccc1CS(=O)(=O)N1CCOCC1. The number of morpholine rings is 1. The molecule has 1 aliphatic heterocycles. The molecule has 1 aromatic carbocycles. The maximum atomic E-state index is 12.7. The van der Waals surface area contributed by atoms with E-state index in [0.717, 1.165) is 5.56 Å². The number of ether oxygens (including phenoxy) is 1. The Morgan fingerprint density at radius 2 is 1.81 bits per heavy atom. The van der Waals surface area contributed by atoms with Crippen LogP contribution < -0.4 is 5.32 Å². The lowest BCUT2D eigenvalue weighted by atomic mass is 10.1. The van der Waals surface area contributed by atoms with Gasteiger partial charge in [0.1, 0.15) is 5.69 Å². The summed E-state index contributed by atoms with van der Waals surface area (Å²) in [6.07, 6.45) is 1.80. The van der Waals surface area contributed by atoms with Crippen LogP contribution in [0.25, 0.3) is 0 Å². The van der Waals surface area contributed by atoms with Crippen molar-refractivity contribution in [2.45, 2.75) is 12.3 Å². The summed E-state index contributed by atoms with van der Waals surface area (Å²) in [5.74, 6) is -0.272. The van der Waals surface area contributed by atoms with Crippen LogP contribution in [0.4, 0.5) is 0 Å². The van der Waals surface area contributed by atoms with Crippen molar-refractivity contribution in [2.24, 2.45) is 7.05 Å². The van der Waals surface area contributed by atoms with Gasteiger partial charge in [0.05, 0.1) is 19.0 Å². The first kappa shape index (κ1) is 18.6. The standard InChI is InChI=1S/C18H23N3O4S/c1-20-8-4-7-17(20)18(22)19-13-15-5-2-3-6-16(15)14-26(23,24)21-9-11-25-12-10-21/h2-8H,9-14H2,1H3,(H,19,22). The molecule has 1 fully saturated rings. The Bertz CT molecular complexity index is 870. The number of nitrogens with zero attached hydrogens (tertiary/aromatic N) is 2. The minimum atomic E-state index is -3.41. The fourth-order valence-electron chi connectivity index (χ4n) is 2.95. The zero-order valence-corrected chi connectivity index (χ0v) is 15.5. The van der Waals surface area contributed by atoms with Gasteiger partial charge in [0.15, 0.2) is 0 Å². The number of benzene rings is 1. The van der Waals surface area contributed by atoms with Crippen LogP contribution in [0.5, 0.6) is 0 Å². The summed E-state index contributed by atoms with van der Waals surface area (Å²) in [6.45, 7) is 1.89. The van der Waals surface area contributed by atoms with Crippen molar-refractivity contribution in [1.82, 2.24) is 14.2 Å². The summed E-state index contributed by atoms with van der Waals surface area (Å²) >= 11 is 0. The van der Waals surface area contributed by atoms with Crippen LogP contribution in [0.15, 0.2) is 42.6 Å². The number of aromatic nitrogens is 1. The van der Waals surface area contributed by atoms with E-state index in [2.05, 4.69) is 5.32 Å². The molecular weight excluding hydrogens is 354 g/mol. The van der Waals surface area contributed by atoms with Crippen molar-refractivity contribution < 1.29 is 17.9 Å². The van der Waals surface area contributed by atoms with E-state index in [0.29, 0.717) is 37.6 Å². The van der Waals surface area contributed by atoms with Gasteiger partial charge in [-0.2, -0.15) is 4.31 Å². The van der Waals surface area contributed by atoms with Gasteiger partial charge in [0.25, 0.3) is 5.91 Å². The van der Waals surface area contributed by atoms with Crippen molar-refractivity contribution >= 4 is 15.9 Å². The lowest BCUT2D eigenvalue weighted by Crippen LogP contribution is -2.41. The lowest BCUT2D eigenvalue weighted by Gasteiger charge is -2.26. The van der Waals surface area contributed by atoms with E-state index in [4.69, 9.17) is 4.74 Å². The van der Waals surface area contributed by atoms with Crippen molar-refractivity contribution in [2.75, 3.05) is 26.3 Å². The molecule has 140 valence electrons. The van der Waals surface area contributed by atoms with Gasteiger partial charge < -0.3 is 14.6 Å². The summed E-state index contributed by atoms with van der Waals surface area (Å²) < 4.78 is 33.7. The molecule has 0 saturated carbocycles. The first-order valence-corrected chi connectivity index (χ1v) is 10.1. The number of aryl methyl sites for hydroxylation is 1. The molecule has 1 N–H and O–H groups in total. The Balaban J connectivity index is 1.70. The second kappa shape index (κ2) is 8.03. The van der Waals surface area contributed by atoms with Gasteiger partial charge in [-0.15, -0.1) is 0 Å². The van der Waals surface area contributed by atoms with Gasteiger partial charge in [-0.3, -0.25) is 4.79 Å². The number of hydrogen-bond acceptors (Lipinski definition) is 4. The molecule has 2 heterocycles. The monoisotopic (exact) mass is 377 g/mol. The molecule has 7 nitrogen and oxygen atoms in total. The first-order valence-electron chi connectivity index (χ1n) is 8.49. The zero-order chi connectivity index (χ0) is 18.6. The summed E-state index contributed by atoms with van der Waals surface area (Å²) in [6, 6.07) is 10.8. The zero-order valence-electron chi connectivity index (χ0n) is 14.7. The Morgan fingerprint density at radius 1 is 1.12 bits per heavy atom. The summed E-state index contributed by atoms with van der Waals surface area (Å²) in [7, 11) is -1.61. The summed E-state index contributed by atoms with van der Waals surface area (Å²) in [5, 5.41) is 2.86. The van der Waals surface area contributed by atoms with Gasteiger partial charge >= 0.3 is 0 Å². The summed E-state index contributed by atoms with van der Waals surface area (Å²) in [5.41, 5.74) is 2.06. The molecule has 3 rings (SSSR count). The van der Waals surface area contributed by atoms with Crippen LogP contribution in [0, 0.1) is 0 Å². The molecule has 0 aliphatic carbocycles. The molecule has 0 atom stereocenters. The van der Waals surface area contributed by atoms with Crippen LogP contribution in [-0.4, -0.2) is 49.5 Å². The average Bonchev–Trinajstić information content (AvgIpc) is 3.07. The fraction of sp³-hybridized carbons (Fsp3) is 0.389. The molecule has 8 heteroatoms. The molecule has 0 bridgehead atoms. The van der Waals surface area contributed by atoms with Crippen molar-refractivity contribution in [1.29, 1.82) is 0 Å². The number of rotatable bonds is 6. The molecular formula is C18H23N3O4S. The minimum Gasteiger partial charge on any atom is -0.379 e. The predicted octanol–water partition coefficient (Wildman–Crippen LogP) is 1.12. The van der Waals surface area contributed by atoms with Crippen LogP contribution in [0.1, 0.15) is 21.6 Å². The smallest absolute Gasteiger partial charge is 0.268 e. The van der Waals surface area contributed by atoms with E-state index in [9.17, 15) is 13.2 Å². The molecule has 1 aliphatic rings. The van der Waals surface area contributed by atoms with E-state index >= 15 is 0 Å². The molecule has 2 aromatic rings. The molecule has 1 saturated heterocycles. The van der Waals surface area contributed by atoms with Gasteiger partial charge in [-0.05, 0) is 23.3 Å². The van der Waals surface area contributed by atoms with Crippen LogP contribution >= 0.6 is 0 Å². The van der Waals surface area contributed by atoms with E-state index < -0.39 is 10.0 Å². The lowest BCUT2D eigenvalue weighted by molar-refractivity contribution is 0.0729. The van der Waals surface area contributed by atoms with Crippen LogP contribution in [0.3, 0.4) is 0 Å². The largest absolute Gasteiger partial charge is 0.379 e. The second-order valence-corrected chi connectivity index (χ2v) is 8.19. The number of amides is 1. The third-order valence-corrected chi connectivity index (χ3v) is 6.26. The third-order valence-electron chi connectivity index (χ3n) is 4.44. The fourth-order valence-corrected chi connectivity index (χ4v) is 4.51. The van der Waals surface area contributed by atoms with E-state index in [-0.39, 0.29) is 18.2 Å². The number of nitrogens with one attached hydrogen (secondary N) is 1. The quantitative estimate of drug-likeness (QED) is 0.818. The van der Waals surface area contributed by atoms with Gasteiger partial charge in [0.2, 0.25) is 10.0 Å². The minimum absolute atomic E-state index is 0.0802. The number of carbonyl (C=O) groups is 1. The first-order chi connectivity index (χ1) is 12.5. The second-order valence-electron chi connectivity index (χ2n) is 6.22. The number of sulfonamides is 1. The highest BCUT2D eigenvalue weighted by Gasteiger charge is 2.25. The highest BCUT2D eigenvalue weighted by atomic mass is 32.2. The Kier molecular flexibility index (Phi) is 5.75. The maximum Gasteiger partial charge on any atom is 0.268 e. The van der Waals surface area contributed by atoms with Gasteiger partial charge in [-0.25, -0.2) is 8.42 Å². The van der Waals surface area contributed by atoms with Gasteiger partial charge in [0, 0.05) is 32.9 Å². The Labute approximate surface area is 153 Å². The highest BCUT2D eigenvalue weighted by Crippen LogP contribution is 2.17. The van der Waals surface area contributed by atoms with Crippen LogP contribution in [-0.2, 0) is 34.1 Å². The normalized spacial score (nSPS) is 15.7. The molecule has 1 amide bonds. The van der Waals surface area contributed by atoms with Crippen LogP contribution in [0.2, 0.25) is 0 Å². The maximum absolute atomic E-state index is 12.7.